The molecular weight excluding hydrogens is 204 g/mol. The fraction of sp³-hybridized carbons (Fsp3) is 0.364. The number of aromatic nitrogens is 3. The number of aryl methyl sites for hydroxylation is 1. The fourth-order valence-corrected chi connectivity index (χ4v) is 1.56. The van der Waals surface area contributed by atoms with Crippen LogP contribution in [0.3, 0.4) is 0 Å². The summed E-state index contributed by atoms with van der Waals surface area (Å²) in [6.45, 7) is 1.44. The minimum absolute atomic E-state index is 0.628. The molecule has 1 heterocycles. The van der Waals surface area contributed by atoms with E-state index in [1.54, 1.807) is 17.9 Å². The Hall–Kier alpha value is -1.93. The molecule has 0 atom stereocenters. The molecule has 2 aromatic rings. The van der Waals surface area contributed by atoms with Crippen LogP contribution in [0.4, 0.5) is 0 Å². The van der Waals surface area contributed by atoms with Crippen molar-refractivity contribution in [1.29, 1.82) is 5.26 Å². The molecule has 1 aromatic carbocycles. The molecule has 0 bridgehead atoms. The molecule has 5 nitrogen and oxygen atoms in total. The molecule has 0 aliphatic rings. The molecule has 0 saturated carbocycles. The van der Waals surface area contributed by atoms with Crippen LogP contribution in [0.15, 0.2) is 18.2 Å². The molecular formula is C11H12N4O. The molecule has 0 radical (unpaired) electrons. The van der Waals surface area contributed by atoms with Gasteiger partial charge >= 0.3 is 0 Å². The lowest BCUT2D eigenvalue weighted by Gasteiger charge is -2.01. The predicted octanol–water partition coefficient (Wildman–Crippen LogP) is 1.34. The van der Waals surface area contributed by atoms with Crippen LogP contribution in [-0.2, 0) is 11.3 Å². The lowest BCUT2D eigenvalue weighted by atomic mass is 10.2. The quantitative estimate of drug-likeness (QED) is 0.723. The molecule has 0 amide bonds. The Morgan fingerprint density at radius 1 is 1.50 bits per heavy atom. The fourth-order valence-electron chi connectivity index (χ4n) is 1.56. The van der Waals surface area contributed by atoms with E-state index in [0.29, 0.717) is 12.2 Å². The van der Waals surface area contributed by atoms with Crippen LogP contribution in [-0.4, -0.2) is 28.7 Å². The smallest absolute Gasteiger partial charge is 0.113 e. The van der Waals surface area contributed by atoms with Crippen molar-refractivity contribution in [2.75, 3.05) is 13.7 Å². The summed E-state index contributed by atoms with van der Waals surface area (Å²) < 4.78 is 6.78. The van der Waals surface area contributed by atoms with Gasteiger partial charge in [-0.15, -0.1) is 5.10 Å². The lowest BCUT2D eigenvalue weighted by Crippen LogP contribution is -2.03. The van der Waals surface area contributed by atoms with Crippen molar-refractivity contribution in [3.63, 3.8) is 0 Å². The Bertz CT molecular complexity index is 526. The van der Waals surface area contributed by atoms with Crippen molar-refractivity contribution in [3.05, 3.63) is 23.8 Å². The second-order valence-electron chi connectivity index (χ2n) is 3.47. The summed E-state index contributed by atoms with van der Waals surface area (Å²) in [6, 6.07) is 7.48. The van der Waals surface area contributed by atoms with Gasteiger partial charge in [0.1, 0.15) is 5.52 Å². The number of benzene rings is 1. The maximum atomic E-state index is 8.82. The monoisotopic (exact) mass is 216 g/mol. The van der Waals surface area contributed by atoms with E-state index < -0.39 is 0 Å². The minimum atomic E-state index is 0.628. The topological polar surface area (TPSA) is 63.7 Å². The molecule has 0 N–H and O–H groups in total. The second-order valence-corrected chi connectivity index (χ2v) is 3.47. The molecule has 0 spiro atoms. The first kappa shape index (κ1) is 10.6. The number of nitrogens with zero attached hydrogens (tertiary/aromatic N) is 4. The predicted molar refractivity (Wildman–Crippen MR) is 58.7 cm³/mol. The van der Waals surface area contributed by atoms with E-state index in [9.17, 15) is 0 Å². The summed E-state index contributed by atoms with van der Waals surface area (Å²) in [6.07, 6.45) is 0.881. The Morgan fingerprint density at radius 3 is 3.12 bits per heavy atom. The van der Waals surface area contributed by atoms with E-state index in [1.807, 2.05) is 12.1 Å². The number of fused-ring (bicyclic) bond motifs is 1. The zero-order chi connectivity index (χ0) is 11.4. The summed E-state index contributed by atoms with van der Waals surface area (Å²) in [5, 5.41) is 16.9. The highest BCUT2D eigenvalue weighted by atomic mass is 16.5. The standard InChI is InChI=1S/C11H12N4O/c1-16-6-2-5-15-11-7-9(8-12)3-4-10(11)13-14-15/h3-4,7H,2,5-6H2,1H3. The van der Waals surface area contributed by atoms with Gasteiger partial charge in [0, 0.05) is 20.3 Å². The molecule has 1 aromatic heterocycles. The number of ether oxygens (including phenoxy) is 1. The highest BCUT2D eigenvalue weighted by Crippen LogP contribution is 2.13. The number of methoxy groups -OCH3 is 1. The van der Waals surface area contributed by atoms with E-state index in [4.69, 9.17) is 10.00 Å². The van der Waals surface area contributed by atoms with Gasteiger partial charge in [0.15, 0.2) is 0 Å². The third-order valence-electron chi connectivity index (χ3n) is 2.36. The maximum absolute atomic E-state index is 8.82. The molecule has 0 saturated heterocycles. The molecule has 82 valence electrons. The Morgan fingerprint density at radius 2 is 2.38 bits per heavy atom. The number of hydrogen-bond acceptors (Lipinski definition) is 4. The zero-order valence-electron chi connectivity index (χ0n) is 9.05. The van der Waals surface area contributed by atoms with E-state index in [-0.39, 0.29) is 0 Å². The summed E-state index contributed by atoms with van der Waals surface area (Å²) in [4.78, 5) is 0. The molecule has 5 heteroatoms. The molecule has 0 aliphatic carbocycles. The summed E-state index contributed by atoms with van der Waals surface area (Å²) in [5.41, 5.74) is 2.34. The van der Waals surface area contributed by atoms with E-state index in [1.165, 1.54) is 0 Å². The minimum Gasteiger partial charge on any atom is -0.385 e. The first-order valence-corrected chi connectivity index (χ1v) is 5.07. The first-order chi connectivity index (χ1) is 7.85. The van der Waals surface area contributed by atoms with Gasteiger partial charge in [-0.2, -0.15) is 5.26 Å². The van der Waals surface area contributed by atoms with Crippen LogP contribution in [0.25, 0.3) is 11.0 Å². The van der Waals surface area contributed by atoms with Crippen molar-refractivity contribution in [1.82, 2.24) is 15.0 Å². The van der Waals surface area contributed by atoms with Gasteiger partial charge in [-0.3, -0.25) is 0 Å². The van der Waals surface area contributed by atoms with E-state index >= 15 is 0 Å². The van der Waals surface area contributed by atoms with Gasteiger partial charge in [0.05, 0.1) is 17.1 Å². The second kappa shape index (κ2) is 4.73. The number of rotatable bonds is 4. The highest BCUT2D eigenvalue weighted by molar-refractivity contribution is 5.75. The SMILES string of the molecule is COCCCn1nnc2ccc(C#N)cc21. The average molecular weight is 216 g/mol. The summed E-state index contributed by atoms with van der Waals surface area (Å²) in [5.74, 6) is 0. The summed E-state index contributed by atoms with van der Waals surface area (Å²) >= 11 is 0. The van der Waals surface area contributed by atoms with Crippen molar-refractivity contribution in [3.8, 4) is 6.07 Å². The molecule has 2 rings (SSSR count). The van der Waals surface area contributed by atoms with Crippen LogP contribution >= 0.6 is 0 Å². The molecule has 16 heavy (non-hydrogen) atoms. The normalized spacial score (nSPS) is 10.5. The van der Waals surface area contributed by atoms with Crippen LogP contribution in [0.5, 0.6) is 0 Å². The van der Waals surface area contributed by atoms with Crippen molar-refractivity contribution in [2.24, 2.45) is 0 Å². The molecule has 0 aliphatic heterocycles. The van der Waals surface area contributed by atoms with Crippen molar-refractivity contribution in [2.45, 2.75) is 13.0 Å². The number of hydrogen-bond donors (Lipinski definition) is 0. The van der Waals surface area contributed by atoms with Crippen LogP contribution in [0, 0.1) is 11.3 Å². The van der Waals surface area contributed by atoms with Crippen molar-refractivity contribution < 1.29 is 4.74 Å². The largest absolute Gasteiger partial charge is 0.385 e. The van der Waals surface area contributed by atoms with E-state index in [0.717, 1.165) is 24.0 Å². The van der Waals surface area contributed by atoms with Gasteiger partial charge in [-0.1, -0.05) is 5.21 Å². The first-order valence-electron chi connectivity index (χ1n) is 5.07. The highest BCUT2D eigenvalue weighted by Gasteiger charge is 2.04. The number of nitriles is 1. The maximum Gasteiger partial charge on any atom is 0.113 e. The Kier molecular flexibility index (Phi) is 3.13. The molecule has 0 unspecified atom stereocenters. The van der Waals surface area contributed by atoms with Gasteiger partial charge in [-0.25, -0.2) is 4.68 Å². The van der Waals surface area contributed by atoms with Crippen LogP contribution < -0.4 is 0 Å². The molecule has 0 fully saturated rings. The van der Waals surface area contributed by atoms with Gasteiger partial charge < -0.3 is 4.74 Å². The Balaban J connectivity index is 2.28. The van der Waals surface area contributed by atoms with Crippen LogP contribution in [0.1, 0.15) is 12.0 Å². The van der Waals surface area contributed by atoms with Gasteiger partial charge in [-0.05, 0) is 24.6 Å². The summed E-state index contributed by atoms with van der Waals surface area (Å²) in [7, 11) is 1.67. The lowest BCUT2D eigenvalue weighted by molar-refractivity contribution is 0.189. The van der Waals surface area contributed by atoms with E-state index in [2.05, 4.69) is 16.4 Å². The zero-order valence-corrected chi connectivity index (χ0v) is 9.05. The van der Waals surface area contributed by atoms with Crippen molar-refractivity contribution >= 4 is 11.0 Å². The van der Waals surface area contributed by atoms with Gasteiger partial charge in [0.25, 0.3) is 0 Å². The van der Waals surface area contributed by atoms with Crippen LogP contribution in [0.2, 0.25) is 0 Å². The Labute approximate surface area is 93.2 Å². The van der Waals surface area contributed by atoms with Gasteiger partial charge in [0.2, 0.25) is 0 Å². The third-order valence-corrected chi connectivity index (χ3v) is 2.36. The third kappa shape index (κ3) is 2.02. The average Bonchev–Trinajstić information content (AvgIpc) is 2.72.